The number of sulfonamides is 1. The van der Waals surface area contributed by atoms with Crippen LogP contribution in [0.1, 0.15) is 6.92 Å². The lowest BCUT2D eigenvalue weighted by Crippen LogP contribution is -2.35. The van der Waals surface area contributed by atoms with Crippen molar-refractivity contribution in [3.05, 3.63) is 60.2 Å². The van der Waals surface area contributed by atoms with Gasteiger partial charge < -0.3 is 10.1 Å². The number of halogens is 2. The van der Waals surface area contributed by atoms with Crippen molar-refractivity contribution in [2.45, 2.75) is 17.9 Å². The number of nitrogens with one attached hydrogen (secondary N) is 2. The summed E-state index contributed by atoms with van der Waals surface area (Å²) in [6, 6.07) is 8.98. The average molecular weight is 398 g/mol. The second-order valence-corrected chi connectivity index (χ2v) is 7.17. The van der Waals surface area contributed by atoms with Gasteiger partial charge in [0.05, 0.1) is 4.90 Å². The monoisotopic (exact) mass is 398 g/mol. The van der Waals surface area contributed by atoms with Crippen molar-refractivity contribution >= 4 is 27.6 Å². The summed E-state index contributed by atoms with van der Waals surface area (Å²) in [5.74, 6) is -2.73. The summed E-state index contributed by atoms with van der Waals surface area (Å²) < 4.78 is 56.5. The van der Waals surface area contributed by atoms with Gasteiger partial charge in [0.1, 0.15) is 18.2 Å². The molecular weight excluding hydrogens is 382 g/mol. The first-order valence-electron chi connectivity index (χ1n) is 7.68. The average Bonchev–Trinajstić information content (AvgIpc) is 2.62. The van der Waals surface area contributed by atoms with Crippen LogP contribution in [0.5, 0.6) is 0 Å². The standard InChI is InChI=1S/C17H16F2N2O5S/c1-11(17(23)21-14-6-2-12(18)3-7-14)26-16(22)10-20-27(24,25)15-8-4-13(19)5-9-15/h2-9,11,20H,10H2,1H3,(H,21,23)/t11-/m0/s1. The molecule has 1 atom stereocenters. The Labute approximate surface area is 154 Å². The lowest BCUT2D eigenvalue weighted by Gasteiger charge is -2.14. The molecule has 0 aliphatic heterocycles. The molecule has 27 heavy (non-hydrogen) atoms. The molecule has 0 aliphatic rings. The summed E-state index contributed by atoms with van der Waals surface area (Å²) in [7, 11) is -4.03. The maximum atomic E-state index is 12.8. The zero-order valence-corrected chi connectivity index (χ0v) is 14.9. The Morgan fingerprint density at radius 2 is 1.52 bits per heavy atom. The second-order valence-electron chi connectivity index (χ2n) is 5.41. The van der Waals surface area contributed by atoms with Crippen LogP contribution in [0, 0.1) is 11.6 Å². The van der Waals surface area contributed by atoms with Crippen molar-refractivity contribution in [3.63, 3.8) is 0 Å². The van der Waals surface area contributed by atoms with Gasteiger partial charge in [0, 0.05) is 5.69 Å². The van der Waals surface area contributed by atoms with E-state index in [9.17, 15) is 26.8 Å². The van der Waals surface area contributed by atoms with Crippen LogP contribution in [-0.2, 0) is 24.3 Å². The van der Waals surface area contributed by atoms with Gasteiger partial charge in [-0.25, -0.2) is 17.2 Å². The van der Waals surface area contributed by atoms with Crippen molar-refractivity contribution in [2.24, 2.45) is 0 Å². The molecule has 0 saturated carbocycles. The van der Waals surface area contributed by atoms with Gasteiger partial charge in [-0.1, -0.05) is 0 Å². The molecule has 1 amide bonds. The number of amides is 1. The lowest BCUT2D eigenvalue weighted by molar-refractivity contribution is -0.151. The summed E-state index contributed by atoms with van der Waals surface area (Å²) >= 11 is 0. The van der Waals surface area contributed by atoms with Crippen LogP contribution in [-0.4, -0.2) is 32.9 Å². The molecule has 0 aromatic heterocycles. The number of carbonyl (C=O) groups excluding carboxylic acids is 2. The van der Waals surface area contributed by atoms with Crippen LogP contribution >= 0.6 is 0 Å². The highest BCUT2D eigenvalue weighted by molar-refractivity contribution is 7.89. The molecule has 0 fully saturated rings. The molecule has 0 aliphatic carbocycles. The third-order valence-electron chi connectivity index (χ3n) is 3.32. The number of ether oxygens (including phenoxy) is 1. The first-order chi connectivity index (χ1) is 12.7. The van der Waals surface area contributed by atoms with E-state index in [1.54, 1.807) is 0 Å². The summed E-state index contributed by atoms with van der Waals surface area (Å²) in [5, 5.41) is 2.42. The van der Waals surface area contributed by atoms with E-state index in [1.165, 1.54) is 19.1 Å². The summed E-state index contributed by atoms with van der Waals surface area (Å²) in [5.41, 5.74) is 0.307. The van der Waals surface area contributed by atoms with Gasteiger partial charge in [-0.05, 0) is 55.5 Å². The molecule has 0 saturated heterocycles. The fourth-order valence-corrected chi connectivity index (χ4v) is 2.89. The maximum Gasteiger partial charge on any atom is 0.321 e. The van der Waals surface area contributed by atoms with Crippen molar-refractivity contribution in [2.75, 3.05) is 11.9 Å². The quantitative estimate of drug-likeness (QED) is 0.693. The molecule has 10 heteroatoms. The maximum absolute atomic E-state index is 12.8. The van der Waals surface area contributed by atoms with E-state index >= 15 is 0 Å². The van der Waals surface area contributed by atoms with Gasteiger partial charge in [0.15, 0.2) is 6.10 Å². The molecule has 2 rings (SSSR count). The van der Waals surface area contributed by atoms with Crippen LogP contribution in [0.3, 0.4) is 0 Å². The fraction of sp³-hybridized carbons (Fsp3) is 0.176. The van der Waals surface area contributed by atoms with E-state index < -0.39 is 46.2 Å². The third-order valence-corrected chi connectivity index (χ3v) is 4.74. The Balaban J connectivity index is 1.86. The van der Waals surface area contributed by atoms with E-state index in [4.69, 9.17) is 4.74 Å². The smallest absolute Gasteiger partial charge is 0.321 e. The highest BCUT2D eigenvalue weighted by Crippen LogP contribution is 2.10. The second kappa shape index (κ2) is 8.69. The fourth-order valence-electron chi connectivity index (χ4n) is 1.92. The molecule has 0 bridgehead atoms. The first kappa shape index (κ1) is 20.5. The number of hydrogen-bond acceptors (Lipinski definition) is 5. The van der Waals surface area contributed by atoms with E-state index in [0.29, 0.717) is 5.69 Å². The number of hydrogen-bond donors (Lipinski definition) is 2. The minimum Gasteiger partial charge on any atom is -0.452 e. The van der Waals surface area contributed by atoms with Crippen LogP contribution in [0.4, 0.5) is 14.5 Å². The number of anilines is 1. The van der Waals surface area contributed by atoms with Gasteiger partial charge in [0.25, 0.3) is 5.91 Å². The highest BCUT2D eigenvalue weighted by atomic mass is 32.2. The van der Waals surface area contributed by atoms with E-state index in [2.05, 4.69) is 5.32 Å². The van der Waals surface area contributed by atoms with Crippen molar-refractivity contribution in [1.29, 1.82) is 0 Å². The van der Waals surface area contributed by atoms with Gasteiger partial charge >= 0.3 is 5.97 Å². The molecule has 2 aromatic rings. The first-order valence-corrected chi connectivity index (χ1v) is 9.17. The summed E-state index contributed by atoms with van der Waals surface area (Å²) in [6.45, 7) is 0.582. The van der Waals surface area contributed by atoms with E-state index in [-0.39, 0.29) is 4.90 Å². The van der Waals surface area contributed by atoms with Gasteiger partial charge in [0.2, 0.25) is 10.0 Å². The van der Waals surface area contributed by atoms with Gasteiger partial charge in [-0.2, -0.15) is 4.72 Å². The van der Waals surface area contributed by atoms with E-state index in [1.807, 2.05) is 4.72 Å². The summed E-state index contributed by atoms with van der Waals surface area (Å²) in [6.07, 6.45) is -1.21. The van der Waals surface area contributed by atoms with Crippen molar-refractivity contribution in [3.8, 4) is 0 Å². The van der Waals surface area contributed by atoms with Gasteiger partial charge in [-0.3, -0.25) is 9.59 Å². The zero-order chi connectivity index (χ0) is 20.0. The Bertz CT molecular complexity index is 915. The van der Waals surface area contributed by atoms with Crippen LogP contribution < -0.4 is 10.0 Å². The van der Waals surface area contributed by atoms with Crippen LogP contribution in [0.25, 0.3) is 0 Å². The Hall–Kier alpha value is -2.85. The minimum atomic E-state index is -4.03. The number of carbonyl (C=O) groups is 2. The largest absolute Gasteiger partial charge is 0.452 e. The van der Waals surface area contributed by atoms with Crippen LogP contribution in [0.2, 0.25) is 0 Å². The van der Waals surface area contributed by atoms with Gasteiger partial charge in [-0.15, -0.1) is 0 Å². The number of esters is 1. The molecule has 7 nitrogen and oxygen atoms in total. The van der Waals surface area contributed by atoms with Crippen molar-refractivity contribution < 1.29 is 31.5 Å². The molecule has 2 aromatic carbocycles. The lowest BCUT2D eigenvalue weighted by atomic mass is 10.3. The molecular formula is C17H16F2N2O5S. The molecule has 0 unspecified atom stereocenters. The minimum absolute atomic E-state index is 0.223. The zero-order valence-electron chi connectivity index (χ0n) is 14.1. The molecule has 0 spiro atoms. The SMILES string of the molecule is C[C@H](OC(=O)CNS(=O)(=O)c1ccc(F)cc1)C(=O)Nc1ccc(F)cc1. The predicted octanol–water partition coefficient (Wildman–Crippen LogP) is 1.81. The van der Waals surface area contributed by atoms with Crippen LogP contribution in [0.15, 0.2) is 53.4 Å². The van der Waals surface area contributed by atoms with E-state index in [0.717, 1.165) is 36.4 Å². The number of rotatable bonds is 7. The van der Waals surface area contributed by atoms with Crippen molar-refractivity contribution in [1.82, 2.24) is 4.72 Å². The normalized spacial score (nSPS) is 12.3. The Morgan fingerprint density at radius 3 is 2.07 bits per heavy atom. The Morgan fingerprint density at radius 1 is 1.00 bits per heavy atom. The topological polar surface area (TPSA) is 102 Å². The molecule has 0 heterocycles. The predicted molar refractivity (Wildman–Crippen MR) is 92.2 cm³/mol. The molecule has 2 N–H and O–H groups in total. The summed E-state index contributed by atoms with van der Waals surface area (Å²) in [4.78, 5) is 23.5. The molecule has 144 valence electrons. The Kier molecular flexibility index (Phi) is 6.59. The third kappa shape index (κ3) is 6.12. The highest BCUT2D eigenvalue weighted by Gasteiger charge is 2.20. The molecule has 0 radical (unpaired) electrons. The number of benzene rings is 2.